The van der Waals surface area contributed by atoms with Crippen LogP contribution in [0.15, 0.2) is 29.2 Å². The third-order valence-corrected chi connectivity index (χ3v) is 6.52. The van der Waals surface area contributed by atoms with Crippen LogP contribution in [0.5, 0.6) is 0 Å². The fourth-order valence-corrected chi connectivity index (χ4v) is 4.29. The van der Waals surface area contributed by atoms with E-state index in [-0.39, 0.29) is 23.8 Å². The maximum atomic E-state index is 12.6. The van der Waals surface area contributed by atoms with Gasteiger partial charge in [0.15, 0.2) is 5.60 Å². The van der Waals surface area contributed by atoms with Crippen molar-refractivity contribution in [3.8, 4) is 0 Å². The standard InChI is InChI=1S/C18H26N2O6S/c1-18(24,17(22)23)13-19-16(21)10-7-14-5-8-15(9-6-14)27(25,26)20-11-3-2-4-12-20/h5-6,8-9,24H,2-4,7,10-13H2,1H3,(H,19,21)(H,22,23). The molecule has 1 heterocycles. The molecule has 0 aromatic heterocycles. The number of carboxylic acid groups (broad SMARTS) is 1. The minimum absolute atomic E-state index is 0.105. The minimum Gasteiger partial charge on any atom is -0.479 e. The number of benzene rings is 1. The molecule has 8 nitrogen and oxygen atoms in total. The van der Waals surface area contributed by atoms with Crippen molar-refractivity contribution in [2.45, 2.75) is 49.5 Å². The molecule has 1 saturated heterocycles. The Bertz CT molecular complexity index is 768. The molecule has 9 heteroatoms. The van der Waals surface area contributed by atoms with Crippen LogP contribution in [-0.4, -0.2) is 60.0 Å². The largest absolute Gasteiger partial charge is 0.479 e. The summed E-state index contributed by atoms with van der Waals surface area (Å²) in [5.41, 5.74) is -1.21. The molecule has 0 bridgehead atoms. The Kier molecular flexibility index (Phi) is 6.96. The number of aryl methyl sites for hydroxylation is 1. The molecule has 27 heavy (non-hydrogen) atoms. The van der Waals surface area contributed by atoms with E-state index in [0.29, 0.717) is 19.5 Å². The van der Waals surface area contributed by atoms with Crippen molar-refractivity contribution < 1.29 is 28.2 Å². The molecule has 2 rings (SSSR count). The number of aliphatic hydroxyl groups is 1. The number of aliphatic carboxylic acids is 1. The molecular formula is C18H26N2O6S. The molecule has 1 unspecified atom stereocenters. The van der Waals surface area contributed by atoms with E-state index in [1.54, 1.807) is 24.3 Å². The number of amides is 1. The Morgan fingerprint density at radius 3 is 2.30 bits per heavy atom. The molecular weight excluding hydrogens is 372 g/mol. The van der Waals surface area contributed by atoms with Gasteiger partial charge in [0.05, 0.1) is 11.4 Å². The van der Waals surface area contributed by atoms with E-state index >= 15 is 0 Å². The highest BCUT2D eigenvalue weighted by molar-refractivity contribution is 7.89. The van der Waals surface area contributed by atoms with Gasteiger partial charge in [0, 0.05) is 19.5 Å². The summed E-state index contributed by atoms with van der Waals surface area (Å²) in [4.78, 5) is 22.8. The number of nitrogens with one attached hydrogen (secondary N) is 1. The van der Waals surface area contributed by atoms with Gasteiger partial charge in [-0.25, -0.2) is 13.2 Å². The number of sulfonamides is 1. The Morgan fingerprint density at radius 1 is 1.15 bits per heavy atom. The van der Waals surface area contributed by atoms with E-state index in [9.17, 15) is 23.1 Å². The topological polar surface area (TPSA) is 124 Å². The van der Waals surface area contributed by atoms with Gasteiger partial charge in [-0.3, -0.25) is 4.79 Å². The molecule has 1 aromatic rings. The second-order valence-corrected chi connectivity index (χ2v) is 8.90. The number of carbonyl (C=O) groups is 2. The molecule has 0 saturated carbocycles. The lowest BCUT2D eigenvalue weighted by Gasteiger charge is -2.25. The van der Waals surface area contributed by atoms with Crippen molar-refractivity contribution >= 4 is 21.9 Å². The molecule has 0 aliphatic carbocycles. The zero-order valence-corrected chi connectivity index (χ0v) is 16.2. The lowest BCUT2D eigenvalue weighted by Crippen LogP contribution is -2.46. The summed E-state index contributed by atoms with van der Waals surface area (Å²) >= 11 is 0. The average Bonchev–Trinajstić information content (AvgIpc) is 2.65. The van der Waals surface area contributed by atoms with Gasteiger partial charge >= 0.3 is 5.97 Å². The molecule has 0 spiro atoms. The van der Waals surface area contributed by atoms with Crippen molar-refractivity contribution in [1.82, 2.24) is 9.62 Å². The third-order valence-electron chi connectivity index (χ3n) is 4.61. The summed E-state index contributed by atoms with van der Waals surface area (Å²) < 4.78 is 26.7. The summed E-state index contributed by atoms with van der Waals surface area (Å²) in [5, 5.41) is 20.7. The van der Waals surface area contributed by atoms with E-state index in [0.717, 1.165) is 31.7 Å². The van der Waals surface area contributed by atoms with Gasteiger partial charge in [0.2, 0.25) is 15.9 Å². The first-order valence-electron chi connectivity index (χ1n) is 8.94. The third kappa shape index (κ3) is 5.75. The highest BCUT2D eigenvalue weighted by Crippen LogP contribution is 2.21. The van der Waals surface area contributed by atoms with Crippen LogP contribution in [0.4, 0.5) is 0 Å². The number of hydrogen-bond acceptors (Lipinski definition) is 5. The normalized spacial score (nSPS) is 17.9. The molecule has 1 fully saturated rings. The Labute approximate surface area is 159 Å². The quantitative estimate of drug-likeness (QED) is 0.593. The predicted octanol–water partition coefficient (Wildman–Crippen LogP) is 0.746. The molecule has 3 N–H and O–H groups in total. The van der Waals surface area contributed by atoms with Crippen LogP contribution >= 0.6 is 0 Å². The van der Waals surface area contributed by atoms with Gasteiger partial charge in [0.1, 0.15) is 0 Å². The molecule has 1 atom stereocenters. The van der Waals surface area contributed by atoms with Crippen molar-refractivity contribution in [1.29, 1.82) is 0 Å². The fourth-order valence-electron chi connectivity index (χ4n) is 2.77. The first-order chi connectivity index (χ1) is 12.6. The summed E-state index contributed by atoms with van der Waals surface area (Å²) in [7, 11) is -3.47. The monoisotopic (exact) mass is 398 g/mol. The Balaban J connectivity index is 1.88. The number of piperidine rings is 1. The first kappa shape index (κ1) is 21.3. The second-order valence-electron chi connectivity index (χ2n) is 6.96. The lowest BCUT2D eigenvalue weighted by molar-refractivity contribution is -0.156. The fraction of sp³-hybridized carbons (Fsp3) is 0.556. The van der Waals surface area contributed by atoms with Crippen LogP contribution in [0.1, 0.15) is 38.2 Å². The molecule has 1 amide bonds. The Hall–Kier alpha value is -1.97. The van der Waals surface area contributed by atoms with Crippen molar-refractivity contribution in [2.24, 2.45) is 0 Å². The van der Waals surface area contributed by atoms with Crippen molar-refractivity contribution in [2.75, 3.05) is 19.6 Å². The van der Waals surface area contributed by atoms with Crippen LogP contribution in [0.3, 0.4) is 0 Å². The molecule has 1 aliphatic heterocycles. The minimum atomic E-state index is -3.47. The van der Waals surface area contributed by atoms with Crippen molar-refractivity contribution in [3.63, 3.8) is 0 Å². The SMILES string of the molecule is CC(O)(CNC(=O)CCc1ccc(S(=O)(=O)N2CCCCC2)cc1)C(=O)O. The van der Waals surface area contributed by atoms with Gasteiger partial charge in [0.25, 0.3) is 0 Å². The van der Waals surface area contributed by atoms with E-state index in [4.69, 9.17) is 5.11 Å². The van der Waals surface area contributed by atoms with Crippen molar-refractivity contribution in [3.05, 3.63) is 29.8 Å². The molecule has 1 aliphatic rings. The number of hydrogen-bond donors (Lipinski definition) is 3. The summed E-state index contributed by atoms with van der Waals surface area (Å²) in [5.74, 6) is -1.80. The smallest absolute Gasteiger partial charge is 0.337 e. The molecule has 150 valence electrons. The number of rotatable bonds is 8. The zero-order chi connectivity index (χ0) is 20.1. The lowest BCUT2D eigenvalue weighted by atomic mass is 10.1. The highest BCUT2D eigenvalue weighted by atomic mass is 32.2. The van der Waals surface area contributed by atoms with E-state index in [2.05, 4.69) is 5.32 Å². The van der Waals surface area contributed by atoms with Gasteiger partial charge in [-0.1, -0.05) is 18.6 Å². The number of carboxylic acids is 1. The molecule has 1 aromatic carbocycles. The number of nitrogens with zero attached hydrogens (tertiary/aromatic N) is 1. The second kappa shape index (κ2) is 8.81. The van der Waals surface area contributed by atoms with Gasteiger partial charge in [-0.05, 0) is 43.9 Å². The van der Waals surface area contributed by atoms with Crippen LogP contribution in [0, 0.1) is 0 Å². The first-order valence-corrected chi connectivity index (χ1v) is 10.4. The van der Waals surface area contributed by atoms with Gasteiger partial charge in [-0.15, -0.1) is 0 Å². The van der Waals surface area contributed by atoms with E-state index < -0.39 is 21.6 Å². The van der Waals surface area contributed by atoms with Crippen LogP contribution in [-0.2, 0) is 26.0 Å². The maximum Gasteiger partial charge on any atom is 0.337 e. The summed E-state index contributed by atoms with van der Waals surface area (Å²) in [6.07, 6.45) is 3.29. The average molecular weight is 398 g/mol. The Morgan fingerprint density at radius 2 is 1.74 bits per heavy atom. The van der Waals surface area contributed by atoms with Crippen LogP contribution in [0.25, 0.3) is 0 Å². The van der Waals surface area contributed by atoms with Crippen LogP contribution in [0.2, 0.25) is 0 Å². The highest BCUT2D eigenvalue weighted by Gasteiger charge is 2.30. The number of carbonyl (C=O) groups excluding carboxylic acids is 1. The van der Waals surface area contributed by atoms with Crippen LogP contribution < -0.4 is 5.32 Å². The zero-order valence-electron chi connectivity index (χ0n) is 15.3. The summed E-state index contributed by atoms with van der Waals surface area (Å²) in [6, 6.07) is 6.45. The van der Waals surface area contributed by atoms with Gasteiger partial charge < -0.3 is 15.5 Å². The maximum absolute atomic E-state index is 12.6. The molecule has 0 radical (unpaired) electrons. The van der Waals surface area contributed by atoms with Gasteiger partial charge in [-0.2, -0.15) is 4.31 Å². The summed E-state index contributed by atoms with van der Waals surface area (Å²) in [6.45, 7) is 1.82. The predicted molar refractivity (Wildman–Crippen MR) is 98.6 cm³/mol. The van der Waals surface area contributed by atoms with E-state index in [1.807, 2.05) is 0 Å². The van der Waals surface area contributed by atoms with E-state index in [1.165, 1.54) is 4.31 Å².